The van der Waals surface area contributed by atoms with Gasteiger partial charge in [0, 0.05) is 22.7 Å². The highest BCUT2D eigenvalue weighted by Crippen LogP contribution is 2.10. The van der Waals surface area contributed by atoms with E-state index in [1.165, 1.54) is 0 Å². The smallest absolute Gasteiger partial charge is 0.211 e. The molecule has 0 bridgehead atoms. The minimum atomic E-state index is -0.0745. The topological polar surface area (TPSA) is 80.6 Å². The van der Waals surface area contributed by atoms with Crippen LogP contribution in [0.25, 0.3) is 0 Å². The van der Waals surface area contributed by atoms with Crippen molar-refractivity contribution in [3.05, 3.63) is 65.4 Å². The molecule has 20 heavy (non-hydrogen) atoms. The van der Waals surface area contributed by atoms with Gasteiger partial charge in [-0.05, 0) is 12.1 Å². The molecule has 1 heterocycles. The lowest BCUT2D eigenvalue weighted by Gasteiger charge is -2.02. The van der Waals surface area contributed by atoms with Gasteiger partial charge in [-0.2, -0.15) is 4.57 Å². The molecule has 4 N–H and O–H groups in total. The van der Waals surface area contributed by atoms with Crippen molar-refractivity contribution in [2.24, 2.45) is 21.7 Å². The second-order valence-electron chi connectivity index (χ2n) is 4.13. The molecule has 5 nitrogen and oxygen atoms in total. The van der Waals surface area contributed by atoms with Crippen LogP contribution in [0.1, 0.15) is 5.56 Å². The Hall–Kier alpha value is -2.40. The van der Waals surface area contributed by atoms with Gasteiger partial charge >= 0.3 is 0 Å². The fraction of sp³-hybridized carbons (Fsp3) is 0.0714. The summed E-state index contributed by atoms with van der Waals surface area (Å²) in [7, 11) is 0. The van der Waals surface area contributed by atoms with E-state index in [2.05, 4.69) is 10.2 Å². The number of hydrogen-bond acceptors (Lipinski definition) is 2. The van der Waals surface area contributed by atoms with E-state index in [0.29, 0.717) is 11.6 Å². The van der Waals surface area contributed by atoms with Crippen molar-refractivity contribution in [3.8, 4) is 0 Å². The Morgan fingerprint density at radius 3 is 2.25 bits per heavy atom. The average Bonchev–Trinajstić information content (AvgIpc) is 2.45. The maximum absolute atomic E-state index is 5.89. The van der Waals surface area contributed by atoms with Gasteiger partial charge in [0.25, 0.3) is 0 Å². The molecule has 0 radical (unpaired) electrons. The number of hydrogen-bond donors (Lipinski definition) is 2. The monoisotopic (exact) mass is 288 g/mol. The van der Waals surface area contributed by atoms with Crippen molar-refractivity contribution in [2.45, 2.75) is 6.54 Å². The molecule has 0 aliphatic heterocycles. The second kappa shape index (κ2) is 6.68. The maximum atomic E-state index is 5.89. The van der Waals surface area contributed by atoms with Crippen LogP contribution in [0.2, 0.25) is 5.02 Å². The molecule has 2 rings (SSSR count). The molecule has 0 atom stereocenters. The fourth-order valence-electron chi connectivity index (χ4n) is 1.65. The zero-order chi connectivity index (χ0) is 14.4. The molecule has 0 unspecified atom stereocenters. The summed E-state index contributed by atoms with van der Waals surface area (Å²) in [6.07, 6.45) is 3.89. The lowest BCUT2D eigenvalue weighted by molar-refractivity contribution is -0.681. The minimum Gasteiger partial charge on any atom is -0.369 e. The van der Waals surface area contributed by atoms with E-state index in [1.54, 1.807) is 12.1 Å². The van der Waals surface area contributed by atoms with Crippen LogP contribution in [0.4, 0.5) is 0 Å². The lowest BCUT2D eigenvalue weighted by atomic mass is 10.1. The quantitative estimate of drug-likeness (QED) is 0.385. The molecule has 0 saturated heterocycles. The Kier molecular flexibility index (Phi) is 4.68. The molecular formula is C14H15ClN5+. The first-order chi connectivity index (χ1) is 9.65. The number of rotatable bonds is 4. The van der Waals surface area contributed by atoms with Gasteiger partial charge in [-0.25, -0.2) is 0 Å². The predicted molar refractivity (Wildman–Crippen MR) is 80.4 cm³/mol. The largest absolute Gasteiger partial charge is 0.369 e. The number of guanidine groups is 1. The molecule has 0 amide bonds. The van der Waals surface area contributed by atoms with Crippen molar-refractivity contribution < 1.29 is 4.57 Å². The van der Waals surface area contributed by atoms with E-state index >= 15 is 0 Å². The number of aromatic nitrogens is 1. The van der Waals surface area contributed by atoms with Crippen LogP contribution in [0.5, 0.6) is 0 Å². The highest BCUT2D eigenvalue weighted by atomic mass is 35.5. The summed E-state index contributed by atoms with van der Waals surface area (Å²) in [5, 5.41) is 8.51. The molecule has 0 aliphatic rings. The van der Waals surface area contributed by atoms with E-state index in [1.807, 2.05) is 47.3 Å². The summed E-state index contributed by atoms with van der Waals surface area (Å²) in [5.74, 6) is -0.0745. The van der Waals surface area contributed by atoms with Gasteiger partial charge in [-0.3, -0.25) is 0 Å². The summed E-state index contributed by atoms with van der Waals surface area (Å²) >= 11 is 5.89. The molecule has 1 aromatic heterocycles. The number of halogens is 1. The average molecular weight is 289 g/mol. The zero-order valence-electron chi connectivity index (χ0n) is 10.8. The number of nitrogens with zero attached hydrogens (tertiary/aromatic N) is 3. The molecule has 0 spiro atoms. The van der Waals surface area contributed by atoms with Crippen LogP contribution in [0, 0.1) is 0 Å². The first-order valence-corrected chi connectivity index (χ1v) is 6.38. The Balaban J connectivity index is 2.32. The van der Waals surface area contributed by atoms with Gasteiger partial charge in [-0.15, -0.1) is 10.2 Å². The number of pyridine rings is 1. The Morgan fingerprint density at radius 1 is 1.00 bits per heavy atom. The predicted octanol–water partition coefficient (Wildman–Crippen LogP) is 1.31. The third-order valence-corrected chi connectivity index (χ3v) is 2.83. The van der Waals surface area contributed by atoms with Crippen LogP contribution in [0.15, 0.2) is 65.1 Å². The van der Waals surface area contributed by atoms with Crippen molar-refractivity contribution in [2.75, 3.05) is 0 Å². The van der Waals surface area contributed by atoms with Crippen molar-refractivity contribution in [1.29, 1.82) is 0 Å². The van der Waals surface area contributed by atoms with Crippen LogP contribution in [0.3, 0.4) is 0 Å². The molecule has 0 fully saturated rings. The second-order valence-corrected chi connectivity index (χ2v) is 4.56. The summed E-state index contributed by atoms with van der Waals surface area (Å²) < 4.78 is 1.98. The molecule has 0 saturated carbocycles. The summed E-state index contributed by atoms with van der Waals surface area (Å²) in [6, 6.07) is 13.2. The van der Waals surface area contributed by atoms with Gasteiger partial charge in [0.15, 0.2) is 18.9 Å². The van der Waals surface area contributed by atoms with Crippen LogP contribution < -0.4 is 16.0 Å². The third kappa shape index (κ3) is 4.07. The summed E-state index contributed by atoms with van der Waals surface area (Å²) in [5.41, 5.74) is 12.3. The standard InChI is InChI=1S/C14H15ClN5/c15-12-6-4-11(5-7-12)13(18-19-14(16)17)10-20-8-2-1-3-9-20/h1-9H,10H2,(H4,16,17,19)/q+1. The Morgan fingerprint density at radius 2 is 1.65 bits per heavy atom. The van der Waals surface area contributed by atoms with Crippen LogP contribution in [-0.4, -0.2) is 11.7 Å². The Bertz CT molecular complexity index is 616. The van der Waals surface area contributed by atoms with Gasteiger partial charge in [0.1, 0.15) is 5.71 Å². The van der Waals surface area contributed by atoms with Gasteiger partial charge < -0.3 is 11.5 Å². The third-order valence-electron chi connectivity index (χ3n) is 2.57. The van der Waals surface area contributed by atoms with E-state index in [0.717, 1.165) is 11.3 Å². The molecule has 0 aliphatic carbocycles. The molecule has 6 heteroatoms. The number of benzene rings is 1. The normalized spacial score (nSPS) is 11.2. The molecule has 2 aromatic rings. The van der Waals surface area contributed by atoms with Crippen LogP contribution >= 0.6 is 11.6 Å². The SMILES string of the molecule is NC(N)=NN=C(C[n+]1ccccc1)c1ccc(Cl)cc1. The minimum absolute atomic E-state index is 0.0745. The lowest BCUT2D eigenvalue weighted by Crippen LogP contribution is -2.37. The molecule has 1 aromatic carbocycles. The van der Waals surface area contributed by atoms with E-state index in [4.69, 9.17) is 23.1 Å². The molecular weight excluding hydrogens is 274 g/mol. The van der Waals surface area contributed by atoms with E-state index < -0.39 is 0 Å². The van der Waals surface area contributed by atoms with E-state index in [-0.39, 0.29) is 5.96 Å². The summed E-state index contributed by atoms with van der Waals surface area (Å²) in [4.78, 5) is 0. The van der Waals surface area contributed by atoms with Crippen LogP contribution in [-0.2, 0) is 6.54 Å². The zero-order valence-corrected chi connectivity index (χ0v) is 11.5. The molecule has 102 valence electrons. The maximum Gasteiger partial charge on any atom is 0.211 e. The van der Waals surface area contributed by atoms with Gasteiger partial charge in [0.05, 0.1) is 0 Å². The fourth-order valence-corrected chi connectivity index (χ4v) is 1.78. The van der Waals surface area contributed by atoms with Crippen molar-refractivity contribution in [1.82, 2.24) is 0 Å². The summed E-state index contributed by atoms with van der Waals surface area (Å²) in [6.45, 7) is 0.555. The first kappa shape index (κ1) is 14.0. The van der Waals surface area contributed by atoms with E-state index in [9.17, 15) is 0 Å². The highest BCUT2D eigenvalue weighted by molar-refractivity contribution is 6.30. The number of nitrogens with two attached hydrogens (primary N) is 2. The Labute approximate surface area is 122 Å². The highest BCUT2D eigenvalue weighted by Gasteiger charge is 2.10. The van der Waals surface area contributed by atoms with Gasteiger partial charge in [0.2, 0.25) is 5.96 Å². The first-order valence-electron chi connectivity index (χ1n) is 6.00. The van der Waals surface area contributed by atoms with Crippen molar-refractivity contribution in [3.63, 3.8) is 0 Å². The van der Waals surface area contributed by atoms with Gasteiger partial charge in [-0.1, -0.05) is 29.8 Å². The van der Waals surface area contributed by atoms with Crippen molar-refractivity contribution >= 4 is 23.3 Å².